The largest absolute Gasteiger partial charge is 0.489 e. The molecule has 1 saturated carbocycles. The monoisotopic (exact) mass is 856 g/mol. The van der Waals surface area contributed by atoms with Crippen LogP contribution in [-0.4, -0.2) is 81.8 Å². The molecule has 0 spiro atoms. The summed E-state index contributed by atoms with van der Waals surface area (Å²) in [5, 5.41) is 23.6. The quantitative estimate of drug-likeness (QED) is 0.180. The van der Waals surface area contributed by atoms with Gasteiger partial charge >= 0.3 is 0 Å². The summed E-state index contributed by atoms with van der Waals surface area (Å²) in [5.41, 5.74) is 1.84. The smallest absolute Gasteiger partial charge is 0.278 e. The standard InChI is InChI=1S/C47H49ClN8O6/c1-46(2)44(47(3,4)45(46)62-34-13-11-32(27-49)36(48)26-34)51-40(58)30-9-7-28(8-10-30)5-6-29-17-21-55(22-18-29)42(60)31-19-23-54(24-20-31)33-12-14-37-35(25-33)43(61)56(53-52-37)38-15-16-39(57)50-41(38)59/h7-14,25-26,29,31,38,44-45H,15-24H2,1-4H3,(H,51,58)(H,50,57,59). The van der Waals surface area contributed by atoms with Gasteiger partial charge in [-0.25, -0.2) is 0 Å². The number of ether oxygens (including phenoxy) is 1. The van der Waals surface area contributed by atoms with Crippen LogP contribution in [0.15, 0.2) is 65.5 Å². The molecule has 2 N–H and O–H groups in total. The fourth-order valence-electron chi connectivity index (χ4n) is 9.95. The molecule has 1 aromatic heterocycles. The Morgan fingerprint density at radius 2 is 1.61 bits per heavy atom. The number of rotatable bonds is 7. The van der Waals surface area contributed by atoms with Crippen LogP contribution in [0.3, 0.4) is 0 Å². The molecule has 3 saturated heterocycles. The highest BCUT2D eigenvalue weighted by molar-refractivity contribution is 6.31. The minimum absolute atomic E-state index is 0.0783. The summed E-state index contributed by atoms with van der Waals surface area (Å²) < 4.78 is 7.43. The maximum absolute atomic E-state index is 13.6. The predicted octanol–water partition coefficient (Wildman–Crippen LogP) is 5.41. The van der Waals surface area contributed by atoms with Gasteiger partial charge in [0.05, 0.1) is 16.0 Å². The second-order valence-electron chi connectivity index (χ2n) is 18.0. The summed E-state index contributed by atoms with van der Waals surface area (Å²) in [6, 6.07) is 18.8. The van der Waals surface area contributed by atoms with E-state index in [4.69, 9.17) is 16.3 Å². The van der Waals surface area contributed by atoms with E-state index < -0.39 is 17.5 Å². The van der Waals surface area contributed by atoms with Crippen LogP contribution in [0.5, 0.6) is 5.75 Å². The summed E-state index contributed by atoms with van der Waals surface area (Å²) in [5.74, 6) is 6.44. The lowest BCUT2D eigenvalue weighted by molar-refractivity contribution is -0.164. The number of nitrogens with zero attached hydrogens (tertiary/aromatic N) is 6. The SMILES string of the molecule is CC1(C)C(NC(=O)c2ccc(C#CC3CCN(C(=O)C4CCN(c5ccc6nnn(C7CCC(=O)NC7=O)c(=O)c6c5)CC4)CC3)cc2)C(C)(C)C1Oc1ccc(C#N)c(Cl)c1. The predicted molar refractivity (Wildman–Crippen MR) is 232 cm³/mol. The summed E-state index contributed by atoms with van der Waals surface area (Å²) in [4.78, 5) is 68.6. The molecule has 4 aliphatic rings. The third-order valence-electron chi connectivity index (χ3n) is 13.2. The minimum Gasteiger partial charge on any atom is -0.489 e. The van der Waals surface area contributed by atoms with E-state index in [-0.39, 0.29) is 65.4 Å². The Hall–Kier alpha value is -6.25. The molecular weight excluding hydrogens is 808 g/mol. The van der Waals surface area contributed by atoms with Crippen LogP contribution in [0.1, 0.15) is 93.7 Å². The molecule has 4 fully saturated rings. The Morgan fingerprint density at radius 3 is 2.27 bits per heavy atom. The first-order valence-electron chi connectivity index (χ1n) is 21.2. The highest BCUT2D eigenvalue weighted by Gasteiger charge is 2.64. The van der Waals surface area contributed by atoms with E-state index in [0.717, 1.165) is 28.8 Å². The van der Waals surface area contributed by atoms with Crippen LogP contribution in [0.4, 0.5) is 5.69 Å². The molecule has 0 radical (unpaired) electrons. The van der Waals surface area contributed by atoms with Gasteiger partial charge in [-0.2, -0.15) is 9.94 Å². The van der Waals surface area contributed by atoms with Crippen molar-refractivity contribution in [2.75, 3.05) is 31.1 Å². The van der Waals surface area contributed by atoms with E-state index in [1.807, 2.05) is 23.1 Å². The number of benzene rings is 3. The van der Waals surface area contributed by atoms with Gasteiger partial charge in [0.15, 0.2) is 0 Å². The molecule has 8 rings (SSSR count). The third kappa shape index (κ3) is 8.24. The van der Waals surface area contributed by atoms with Gasteiger partial charge in [-0.3, -0.25) is 29.3 Å². The topological polar surface area (TPSA) is 180 Å². The van der Waals surface area contributed by atoms with Crippen molar-refractivity contribution in [2.45, 2.75) is 84.4 Å². The average molecular weight is 857 g/mol. The van der Waals surface area contributed by atoms with Crippen molar-refractivity contribution >= 4 is 51.8 Å². The molecule has 4 heterocycles. The van der Waals surface area contributed by atoms with Crippen LogP contribution < -0.4 is 25.8 Å². The number of hydrogen-bond acceptors (Lipinski definition) is 10. The Balaban J connectivity index is 0.801. The number of halogens is 1. The molecule has 4 aromatic rings. The van der Waals surface area contributed by atoms with Gasteiger partial charge in [-0.1, -0.05) is 56.4 Å². The fourth-order valence-corrected chi connectivity index (χ4v) is 10.2. The number of hydrogen-bond donors (Lipinski definition) is 2. The lowest BCUT2D eigenvalue weighted by atomic mass is 9.49. The van der Waals surface area contributed by atoms with Crippen LogP contribution in [-0.2, 0) is 14.4 Å². The normalized spacial score (nSPS) is 22.4. The van der Waals surface area contributed by atoms with Crippen molar-refractivity contribution in [3.63, 3.8) is 0 Å². The Kier molecular flexibility index (Phi) is 11.6. The zero-order valence-corrected chi connectivity index (χ0v) is 36.0. The van der Waals surface area contributed by atoms with Crippen molar-refractivity contribution in [1.29, 1.82) is 5.26 Å². The number of piperidine rings is 3. The Bertz CT molecular complexity index is 2590. The Morgan fingerprint density at radius 1 is 0.903 bits per heavy atom. The number of likely N-dealkylation sites (tertiary alicyclic amines) is 1. The molecular formula is C47H49ClN8O6. The number of aromatic nitrogens is 3. The zero-order chi connectivity index (χ0) is 43.9. The van der Waals surface area contributed by atoms with Gasteiger partial charge in [-0.05, 0) is 86.7 Å². The van der Waals surface area contributed by atoms with E-state index in [9.17, 15) is 29.2 Å². The van der Waals surface area contributed by atoms with Gasteiger partial charge in [0.2, 0.25) is 11.8 Å². The van der Waals surface area contributed by atoms with Crippen molar-refractivity contribution in [3.8, 4) is 23.7 Å². The molecule has 62 heavy (non-hydrogen) atoms. The van der Waals surface area contributed by atoms with Crippen LogP contribution >= 0.6 is 11.6 Å². The molecule has 1 aliphatic carbocycles. The zero-order valence-electron chi connectivity index (χ0n) is 35.2. The van der Waals surface area contributed by atoms with Gasteiger partial charge < -0.3 is 19.9 Å². The van der Waals surface area contributed by atoms with Gasteiger partial charge in [0, 0.05) is 84.2 Å². The first kappa shape index (κ1) is 42.4. The lowest BCUT2D eigenvalue weighted by Gasteiger charge is -2.63. The van der Waals surface area contributed by atoms with E-state index in [0.29, 0.717) is 71.8 Å². The van der Waals surface area contributed by atoms with E-state index >= 15 is 0 Å². The summed E-state index contributed by atoms with van der Waals surface area (Å²) >= 11 is 6.24. The molecule has 1 unspecified atom stereocenters. The second kappa shape index (κ2) is 16.9. The Labute approximate surface area is 364 Å². The van der Waals surface area contributed by atoms with E-state index in [1.165, 1.54) is 0 Å². The summed E-state index contributed by atoms with van der Waals surface area (Å²) in [6.45, 7) is 10.9. The number of carbonyl (C=O) groups is 4. The molecule has 1 atom stereocenters. The van der Waals surface area contributed by atoms with Crippen LogP contribution in [0, 0.1) is 45.8 Å². The number of nitrogens with one attached hydrogen (secondary N) is 2. The number of fused-ring (bicyclic) bond motifs is 1. The number of nitriles is 1. The number of carbonyl (C=O) groups excluding carboxylic acids is 4. The van der Waals surface area contributed by atoms with Crippen LogP contribution in [0.2, 0.25) is 5.02 Å². The van der Waals surface area contributed by atoms with E-state index in [1.54, 1.807) is 42.5 Å². The highest BCUT2D eigenvalue weighted by atomic mass is 35.5. The summed E-state index contributed by atoms with van der Waals surface area (Å²) in [6.07, 6.45) is 3.09. The summed E-state index contributed by atoms with van der Waals surface area (Å²) in [7, 11) is 0. The maximum atomic E-state index is 13.6. The molecule has 3 aliphatic heterocycles. The molecule has 15 heteroatoms. The fraction of sp³-hybridized carbons (Fsp3) is 0.447. The van der Waals surface area contributed by atoms with Gasteiger partial charge in [-0.15, -0.1) is 5.10 Å². The third-order valence-corrected chi connectivity index (χ3v) is 13.5. The number of imide groups is 1. The molecule has 3 aromatic carbocycles. The molecule has 14 nitrogen and oxygen atoms in total. The molecule has 0 bridgehead atoms. The van der Waals surface area contributed by atoms with Gasteiger partial charge in [0.1, 0.15) is 29.5 Å². The highest BCUT2D eigenvalue weighted by Crippen LogP contribution is 2.55. The van der Waals surface area contributed by atoms with Crippen molar-refractivity contribution in [2.24, 2.45) is 22.7 Å². The second-order valence-corrected chi connectivity index (χ2v) is 18.4. The number of anilines is 1. The molecule has 4 amide bonds. The van der Waals surface area contributed by atoms with Crippen molar-refractivity contribution in [3.05, 3.63) is 92.7 Å². The van der Waals surface area contributed by atoms with E-state index in [2.05, 4.69) is 71.5 Å². The minimum atomic E-state index is -0.889. The van der Waals surface area contributed by atoms with Gasteiger partial charge in [0.25, 0.3) is 17.4 Å². The average Bonchev–Trinajstić information content (AvgIpc) is 3.27. The van der Waals surface area contributed by atoms with Crippen LogP contribution in [0.25, 0.3) is 10.9 Å². The number of amides is 4. The maximum Gasteiger partial charge on any atom is 0.278 e. The molecule has 320 valence electrons. The lowest BCUT2D eigenvalue weighted by Crippen LogP contribution is -2.74. The first-order valence-corrected chi connectivity index (χ1v) is 21.6. The van der Waals surface area contributed by atoms with Crippen molar-refractivity contribution < 1.29 is 23.9 Å². The van der Waals surface area contributed by atoms with Crippen molar-refractivity contribution in [1.82, 2.24) is 30.5 Å². The first-order chi connectivity index (χ1) is 29.6.